The topological polar surface area (TPSA) is 94.3 Å². The van der Waals surface area contributed by atoms with E-state index in [2.05, 4.69) is 14.9 Å². The van der Waals surface area contributed by atoms with E-state index in [9.17, 15) is 8.42 Å². The molecule has 0 saturated carbocycles. The largest absolute Gasteiger partial charge is 0.475 e. The molecule has 0 saturated heterocycles. The maximum Gasteiger partial charge on any atom is 0.240 e. The fraction of sp³-hybridized carbons (Fsp3) is 0.125. The van der Waals surface area contributed by atoms with Gasteiger partial charge in [-0.3, -0.25) is 0 Å². The van der Waals surface area contributed by atoms with Gasteiger partial charge in [-0.15, -0.1) is 10.2 Å². The molecule has 0 aliphatic heterocycles. The fourth-order valence-corrected chi connectivity index (χ4v) is 3.41. The molecular weight excluding hydrogens is 401 g/mol. The summed E-state index contributed by atoms with van der Waals surface area (Å²) in [5.74, 6) is 0.868. The van der Waals surface area contributed by atoms with Crippen LogP contribution in [0.15, 0.2) is 58.0 Å². The van der Waals surface area contributed by atoms with E-state index in [-0.39, 0.29) is 34.0 Å². The Morgan fingerprint density at radius 3 is 2.58 bits per heavy atom. The van der Waals surface area contributed by atoms with Crippen LogP contribution < -0.4 is 9.46 Å². The Balaban J connectivity index is 1.52. The van der Waals surface area contributed by atoms with Crippen molar-refractivity contribution in [2.45, 2.75) is 4.90 Å². The molecule has 0 aliphatic rings. The highest BCUT2D eigenvalue weighted by Gasteiger charge is 2.15. The average molecular weight is 414 g/mol. The molecule has 3 rings (SSSR count). The zero-order valence-corrected chi connectivity index (χ0v) is 15.6. The molecule has 2 heterocycles. The molecule has 7 nitrogen and oxygen atoms in total. The van der Waals surface area contributed by atoms with Crippen molar-refractivity contribution in [3.05, 3.63) is 58.8 Å². The van der Waals surface area contributed by atoms with E-state index in [1.165, 1.54) is 18.2 Å². The molecule has 0 aliphatic carbocycles. The number of benzene rings is 1. The number of sulfonamides is 1. The number of furan rings is 1. The van der Waals surface area contributed by atoms with Gasteiger partial charge in [-0.1, -0.05) is 23.2 Å². The van der Waals surface area contributed by atoms with Crippen molar-refractivity contribution in [2.75, 3.05) is 13.2 Å². The van der Waals surface area contributed by atoms with Crippen LogP contribution in [-0.4, -0.2) is 31.8 Å². The van der Waals surface area contributed by atoms with Gasteiger partial charge in [0.2, 0.25) is 15.9 Å². The van der Waals surface area contributed by atoms with Gasteiger partial charge < -0.3 is 9.15 Å². The van der Waals surface area contributed by atoms with Crippen LogP contribution in [0.2, 0.25) is 10.0 Å². The van der Waals surface area contributed by atoms with Gasteiger partial charge in [0.25, 0.3) is 0 Å². The van der Waals surface area contributed by atoms with Crippen molar-refractivity contribution in [3.8, 4) is 17.3 Å². The average Bonchev–Trinajstić information content (AvgIpc) is 3.16. The highest BCUT2D eigenvalue weighted by Crippen LogP contribution is 2.24. The lowest BCUT2D eigenvalue weighted by atomic mass is 10.3. The molecule has 1 N–H and O–H groups in total. The Kier molecular flexibility index (Phi) is 5.77. The van der Waals surface area contributed by atoms with Gasteiger partial charge in [0.15, 0.2) is 5.76 Å². The third-order valence-electron chi connectivity index (χ3n) is 3.26. The van der Waals surface area contributed by atoms with Crippen molar-refractivity contribution in [1.82, 2.24) is 14.9 Å². The Bertz CT molecular complexity index is 977. The minimum atomic E-state index is -3.71. The van der Waals surface area contributed by atoms with Gasteiger partial charge in [0.1, 0.15) is 12.3 Å². The van der Waals surface area contributed by atoms with Gasteiger partial charge in [0, 0.05) is 12.6 Å². The molecule has 10 heteroatoms. The zero-order valence-electron chi connectivity index (χ0n) is 13.2. The van der Waals surface area contributed by atoms with Crippen LogP contribution in [0, 0.1) is 0 Å². The summed E-state index contributed by atoms with van der Waals surface area (Å²) in [6.45, 7) is 0.125. The monoisotopic (exact) mass is 413 g/mol. The molecule has 0 bridgehead atoms. The van der Waals surface area contributed by atoms with Crippen molar-refractivity contribution >= 4 is 33.2 Å². The van der Waals surface area contributed by atoms with Crippen molar-refractivity contribution in [2.24, 2.45) is 0 Å². The van der Waals surface area contributed by atoms with Crippen LogP contribution in [0.5, 0.6) is 5.88 Å². The maximum absolute atomic E-state index is 12.2. The Hall–Kier alpha value is -2.13. The predicted octanol–water partition coefficient (Wildman–Crippen LogP) is 3.40. The fourth-order valence-electron chi connectivity index (χ4n) is 2.01. The van der Waals surface area contributed by atoms with E-state index in [0.29, 0.717) is 11.5 Å². The molecule has 0 amide bonds. The minimum absolute atomic E-state index is 0.0227. The summed E-state index contributed by atoms with van der Waals surface area (Å²) >= 11 is 11.6. The molecule has 0 spiro atoms. The first-order valence-electron chi connectivity index (χ1n) is 7.41. The van der Waals surface area contributed by atoms with Crippen LogP contribution in [-0.2, 0) is 10.0 Å². The number of aromatic nitrogens is 2. The van der Waals surface area contributed by atoms with Gasteiger partial charge in [-0.05, 0) is 36.4 Å². The van der Waals surface area contributed by atoms with E-state index in [0.717, 1.165) is 0 Å². The van der Waals surface area contributed by atoms with Gasteiger partial charge in [0.05, 0.1) is 21.2 Å². The Labute approximate surface area is 160 Å². The number of hydrogen-bond donors (Lipinski definition) is 1. The lowest BCUT2D eigenvalue weighted by Gasteiger charge is -2.08. The second kappa shape index (κ2) is 8.05. The first-order valence-corrected chi connectivity index (χ1v) is 9.65. The third kappa shape index (κ3) is 4.53. The minimum Gasteiger partial charge on any atom is -0.475 e. The number of halogens is 2. The summed E-state index contributed by atoms with van der Waals surface area (Å²) in [6.07, 6.45) is 1.54. The van der Waals surface area contributed by atoms with Gasteiger partial charge >= 0.3 is 0 Å². The second-order valence-corrected chi connectivity index (χ2v) is 7.64. The zero-order chi connectivity index (χ0) is 18.6. The molecular formula is C16H13Cl2N3O4S. The highest BCUT2D eigenvalue weighted by molar-refractivity contribution is 7.89. The van der Waals surface area contributed by atoms with Crippen LogP contribution in [0.3, 0.4) is 0 Å². The van der Waals surface area contributed by atoms with Gasteiger partial charge in [-0.2, -0.15) is 0 Å². The number of rotatable bonds is 7. The first kappa shape index (κ1) is 18.7. The Morgan fingerprint density at radius 1 is 1.08 bits per heavy atom. The summed E-state index contributed by atoms with van der Waals surface area (Å²) in [5.41, 5.74) is 0.572. The van der Waals surface area contributed by atoms with E-state index < -0.39 is 10.0 Å². The van der Waals surface area contributed by atoms with Crippen molar-refractivity contribution in [1.29, 1.82) is 0 Å². The standard InChI is InChI=1S/C16H13Cl2N3O4S/c17-12-4-3-11(10-13(12)18)26(22,23)19-7-9-25-16-6-5-14(20-21-16)15-2-1-8-24-15/h1-6,8,10,19H,7,9H2. The summed E-state index contributed by atoms with van der Waals surface area (Å²) in [5, 5.41) is 8.33. The molecule has 26 heavy (non-hydrogen) atoms. The summed E-state index contributed by atoms with van der Waals surface area (Å²) in [4.78, 5) is 0.0227. The smallest absolute Gasteiger partial charge is 0.240 e. The molecule has 1 aromatic carbocycles. The van der Waals surface area contributed by atoms with E-state index in [4.69, 9.17) is 32.4 Å². The lowest BCUT2D eigenvalue weighted by molar-refractivity contribution is 0.307. The summed E-state index contributed by atoms with van der Waals surface area (Å²) in [7, 11) is -3.71. The summed E-state index contributed by atoms with van der Waals surface area (Å²) in [6, 6.07) is 10.9. The third-order valence-corrected chi connectivity index (χ3v) is 5.46. The molecule has 2 aromatic heterocycles. The van der Waals surface area contributed by atoms with Crippen molar-refractivity contribution < 1.29 is 17.6 Å². The molecule has 3 aromatic rings. The Morgan fingerprint density at radius 2 is 1.92 bits per heavy atom. The van der Waals surface area contributed by atoms with E-state index in [1.54, 1.807) is 30.5 Å². The second-order valence-electron chi connectivity index (χ2n) is 5.06. The summed E-state index contributed by atoms with van der Waals surface area (Å²) < 4.78 is 37.4. The molecule has 0 unspecified atom stereocenters. The van der Waals surface area contributed by atoms with Crippen LogP contribution >= 0.6 is 23.2 Å². The van der Waals surface area contributed by atoms with Crippen LogP contribution in [0.1, 0.15) is 0 Å². The first-order chi connectivity index (χ1) is 12.5. The van der Waals surface area contributed by atoms with E-state index in [1.807, 2.05) is 0 Å². The SMILES string of the molecule is O=S(=O)(NCCOc1ccc(-c2ccco2)nn1)c1ccc(Cl)c(Cl)c1. The highest BCUT2D eigenvalue weighted by atomic mass is 35.5. The normalized spacial score (nSPS) is 11.5. The van der Waals surface area contributed by atoms with Gasteiger partial charge in [-0.25, -0.2) is 13.1 Å². The quantitative estimate of drug-likeness (QED) is 0.596. The molecule has 136 valence electrons. The number of hydrogen-bond acceptors (Lipinski definition) is 6. The van der Waals surface area contributed by atoms with Crippen LogP contribution in [0.4, 0.5) is 0 Å². The number of ether oxygens (including phenoxy) is 1. The predicted molar refractivity (Wildman–Crippen MR) is 96.9 cm³/mol. The molecule has 0 fully saturated rings. The molecule has 0 radical (unpaired) electrons. The van der Waals surface area contributed by atoms with Crippen molar-refractivity contribution in [3.63, 3.8) is 0 Å². The molecule has 0 atom stereocenters. The number of nitrogens with zero attached hydrogens (tertiary/aromatic N) is 2. The number of nitrogens with one attached hydrogen (secondary N) is 1. The van der Waals surface area contributed by atoms with Crippen LogP contribution in [0.25, 0.3) is 11.5 Å². The lowest BCUT2D eigenvalue weighted by Crippen LogP contribution is -2.28. The van der Waals surface area contributed by atoms with E-state index >= 15 is 0 Å². The maximum atomic E-state index is 12.2.